The van der Waals surface area contributed by atoms with E-state index in [2.05, 4.69) is 37.1 Å². The Kier molecular flexibility index (Phi) is 6.79. The Bertz CT molecular complexity index is 778. The van der Waals surface area contributed by atoms with Crippen molar-refractivity contribution in [3.8, 4) is 0 Å². The molecule has 1 atom stereocenters. The van der Waals surface area contributed by atoms with Crippen molar-refractivity contribution in [3.63, 3.8) is 0 Å². The number of nitrogens with zero attached hydrogens (tertiary/aromatic N) is 3. The van der Waals surface area contributed by atoms with Gasteiger partial charge in [0.05, 0.1) is 25.2 Å². The molecule has 0 radical (unpaired) electrons. The van der Waals surface area contributed by atoms with Gasteiger partial charge in [0.15, 0.2) is 0 Å². The van der Waals surface area contributed by atoms with E-state index in [9.17, 15) is 4.79 Å². The van der Waals surface area contributed by atoms with Gasteiger partial charge in [0.2, 0.25) is 0 Å². The first-order chi connectivity index (χ1) is 13.1. The number of nitrogens with one attached hydrogen (secondary N) is 1. The third kappa shape index (κ3) is 6.05. The van der Waals surface area contributed by atoms with Crippen LogP contribution >= 0.6 is 11.6 Å². The van der Waals surface area contributed by atoms with E-state index in [0.29, 0.717) is 11.7 Å². The number of ether oxygens (including phenoxy) is 1. The molecule has 0 saturated carbocycles. The van der Waals surface area contributed by atoms with Crippen LogP contribution in [0.3, 0.4) is 0 Å². The van der Waals surface area contributed by atoms with Gasteiger partial charge in [0.25, 0.3) is 0 Å². The van der Waals surface area contributed by atoms with Crippen LogP contribution in [-0.4, -0.2) is 53.6 Å². The van der Waals surface area contributed by atoms with Crippen molar-refractivity contribution >= 4 is 29.5 Å². The van der Waals surface area contributed by atoms with Crippen molar-refractivity contribution in [2.45, 2.75) is 18.9 Å². The Labute approximate surface area is 164 Å². The van der Waals surface area contributed by atoms with E-state index < -0.39 is 5.97 Å². The van der Waals surface area contributed by atoms with E-state index in [1.165, 1.54) is 18.7 Å². The smallest absolute Gasteiger partial charge is 0.330 e. The molecule has 27 heavy (non-hydrogen) atoms. The minimum absolute atomic E-state index is 0.362. The zero-order valence-electron chi connectivity index (χ0n) is 15.3. The molecule has 1 aliphatic rings. The summed E-state index contributed by atoms with van der Waals surface area (Å²) in [6, 6.07) is 8.41. The summed E-state index contributed by atoms with van der Waals surface area (Å²) in [4.78, 5) is 22.2. The molecule has 2 heterocycles. The van der Waals surface area contributed by atoms with Crippen molar-refractivity contribution in [1.82, 2.24) is 14.9 Å². The first kappa shape index (κ1) is 19.3. The Hall–Kier alpha value is -2.44. The molecule has 142 valence electrons. The van der Waals surface area contributed by atoms with Gasteiger partial charge in [-0.15, -0.1) is 0 Å². The summed E-state index contributed by atoms with van der Waals surface area (Å²) in [5, 5.41) is 4.21. The van der Waals surface area contributed by atoms with Crippen LogP contribution in [0.5, 0.6) is 0 Å². The zero-order chi connectivity index (χ0) is 19.1. The monoisotopic (exact) mass is 386 g/mol. The Balaban J connectivity index is 1.44. The van der Waals surface area contributed by atoms with Gasteiger partial charge in [-0.3, -0.25) is 4.98 Å². The van der Waals surface area contributed by atoms with Gasteiger partial charge in [-0.1, -0.05) is 23.7 Å². The maximum Gasteiger partial charge on any atom is 0.330 e. The van der Waals surface area contributed by atoms with Crippen molar-refractivity contribution in [1.29, 1.82) is 0 Å². The highest BCUT2D eigenvalue weighted by Crippen LogP contribution is 2.16. The molecule has 6 nitrogen and oxygen atoms in total. The lowest BCUT2D eigenvalue weighted by molar-refractivity contribution is -0.134. The summed E-state index contributed by atoms with van der Waals surface area (Å²) in [6.45, 7) is 3.08. The Morgan fingerprint density at radius 3 is 2.85 bits per heavy atom. The summed E-state index contributed by atoms with van der Waals surface area (Å²) in [5.74, 6) is 0.332. The first-order valence-corrected chi connectivity index (χ1v) is 9.31. The van der Waals surface area contributed by atoms with Crippen molar-refractivity contribution in [3.05, 3.63) is 59.0 Å². The Morgan fingerprint density at radius 2 is 2.15 bits per heavy atom. The highest BCUT2D eigenvalue weighted by molar-refractivity contribution is 6.30. The van der Waals surface area contributed by atoms with Gasteiger partial charge < -0.3 is 15.0 Å². The number of carbonyl (C=O) groups is 1. The molecule has 0 amide bonds. The van der Waals surface area contributed by atoms with Crippen LogP contribution in [0, 0.1) is 0 Å². The van der Waals surface area contributed by atoms with Gasteiger partial charge in [-0.25, -0.2) is 9.78 Å². The number of benzene rings is 1. The summed E-state index contributed by atoms with van der Waals surface area (Å²) in [5.41, 5.74) is 1.92. The van der Waals surface area contributed by atoms with Gasteiger partial charge in [0.1, 0.15) is 5.82 Å². The summed E-state index contributed by atoms with van der Waals surface area (Å²) in [6.07, 6.45) is 8.32. The molecule has 1 N–H and O–H groups in total. The summed E-state index contributed by atoms with van der Waals surface area (Å²) < 4.78 is 4.55. The molecule has 1 aliphatic heterocycles. The lowest BCUT2D eigenvalue weighted by Gasteiger charge is -2.17. The van der Waals surface area contributed by atoms with E-state index in [1.54, 1.807) is 18.5 Å². The molecular weight excluding hydrogens is 364 g/mol. The number of rotatable bonds is 7. The predicted octanol–water partition coefficient (Wildman–Crippen LogP) is 3.05. The summed E-state index contributed by atoms with van der Waals surface area (Å²) in [7, 11) is 1.34. The molecule has 3 rings (SSSR count). The number of hydrogen-bond donors (Lipinski definition) is 1. The average molecular weight is 387 g/mol. The topological polar surface area (TPSA) is 67.3 Å². The van der Waals surface area contributed by atoms with Crippen LogP contribution in [0.15, 0.2) is 42.7 Å². The number of methoxy groups -OCH3 is 1. The fraction of sp³-hybridized carbons (Fsp3) is 0.350. The van der Waals surface area contributed by atoms with E-state index in [0.717, 1.165) is 43.3 Å². The number of anilines is 1. The SMILES string of the molecule is COC(=O)/C=C/c1cnc(N[C@@H]2CCN(CCc3ccc(Cl)cc3)C2)cn1. The highest BCUT2D eigenvalue weighted by atomic mass is 35.5. The number of esters is 1. The molecule has 0 unspecified atom stereocenters. The predicted molar refractivity (Wildman–Crippen MR) is 107 cm³/mol. The molecule has 1 aromatic carbocycles. The molecule has 0 aliphatic carbocycles. The van der Waals surface area contributed by atoms with Gasteiger partial charge in [-0.2, -0.15) is 0 Å². The lowest BCUT2D eigenvalue weighted by atomic mass is 10.1. The minimum Gasteiger partial charge on any atom is -0.466 e. The highest BCUT2D eigenvalue weighted by Gasteiger charge is 2.22. The van der Waals surface area contributed by atoms with Gasteiger partial charge in [0, 0.05) is 36.8 Å². The number of hydrogen-bond acceptors (Lipinski definition) is 6. The van der Waals surface area contributed by atoms with Crippen LogP contribution in [0.25, 0.3) is 6.08 Å². The molecule has 7 heteroatoms. The van der Waals surface area contributed by atoms with Crippen LogP contribution in [0.2, 0.25) is 5.02 Å². The standard InChI is InChI=1S/C20H23ClN4O2/c1-27-20(26)7-6-17-12-23-19(13-22-17)24-18-9-11-25(14-18)10-8-15-2-4-16(21)5-3-15/h2-7,12-13,18H,8-11,14H2,1H3,(H,23,24)/b7-6+/t18-/m1/s1. The second-order valence-electron chi connectivity index (χ2n) is 6.49. The van der Waals surface area contributed by atoms with Gasteiger partial charge in [-0.05, 0) is 36.6 Å². The number of carbonyl (C=O) groups excluding carboxylic acids is 1. The van der Waals surface area contributed by atoms with Crippen molar-refractivity contribution < 1.29 is 9.53 Å². The largest absolute Gasteiger partial charge is 0.466 e. The normalized spacial score (nSPS) is 17.3. The molecule has 1 aromatic heterocycles. The van der Waals surface area contributed by atoms with E-state index >= 15 is 0 Å². The minimum atomic E-state index is -0.413. The molecule has 1 saturated heterocycles. The third-order valence-corrected chi connectivity index (χ3v) is 4.77. The van der Waals surface area contributed by atoms with Crippen molar-refractivity contribution in [2.75, 3.05) is 32.1 Å². The molecule has 0 spiro atoms. The number of likely N-dealkylation sites (tertiary alicyclic amines) is 1. The first-order valence-electron chi connectivity index (χ1n) is 8.94. The van der Waals surface area contributed by atoms with Crippen LogP contribution < -0.4 is 5.32 Å². The zero-order valence-corrected chi connectivity index (χ0v) is 16.0. The van der Waals surface area contributed by atoms with Crippen LogP contribution in [-0.2, 0) is 16.0 Å². The van der Waals surface area contributed by atoms with Crippen molar-refractivity contribution in [2.24, 2.45) is 0 Å². The van der Waals surface area contributed by atoms with Crippen LogP contribution in [0.1, 0.15) is 17.7 Å². The number of aromatic nitrogens is 2. The van der Waals surface area contributed by atoms with E-state index in [4.69, 9.17) is 11.6 Å². The fourth-order valence-electron chi connectivity index (χ4n) is 3.02. The molecule has 2 aromatic rings. The van der Waals surface area contributed by atoms with E-state index in [1.807, 2.05) is 12.1 Å². The van der Waals surface area contributed by atoms with Crippen LogP contribution in [0.4, 0.5) is 5.82 Å². The van der Waals surface area contributed by atoms with E-state index in [-0.39, 0.29) is 0 Å². The summed E-state index contributed by atoms with van der Waals surface area (Å²) >= 11 is 5.93. The maximum absolute atomic E-state index is 11.1. The van der Waals surface area contributed by atoms with Gasteiger partial charge >= 0.3 is 5.97 Å². The Morgan fingerprint density at radius 1 is 1.33 bits per heavy atom. The number of halogens is 1. The molecular formula is C20H23ClN4O2. The quantitative estimate of drug-likeness (QED) is 0.582. The lowest BCUT2D eigenvalue weighted by Crippen LogP contribution is -2.28. The molecule has 0 bridgehead atoms. The average Bonchev–Trinajstić information content (AvgIpc) is 3.14. The second kappa shape index (κ2) is 9.48. The maximum atomic E-state index is 11.1. The fourth-order valence-corrected chi connectivity index (χ4v) is 3.15. The molecule has 1 fully saturated rings. The second-order valence-corrected chi connectivity index (χ2v) is 6.93. The third-order valence-electron chi connectivity index (χ3n) is 4.52.